The molecule has 29 heteroatoms. The molecule has 0 saturated carbocycles. The Bertz CT molecular complexity index is 2830. The number of ketones is 2. The van der Waals surface area contributed by atoms with E-state index in [1.54, 1.807) is 35.3 Å². The van der Waals surface area contributed by atoms with Gasteiger partial charge in [0.15, 0.2) is 23.9 Å². The van der Waals surface area contributed by atoms with Gasteiger partial charge in [-0.2, -0.15) is 132 Å². The molecule has 6 aromatic rings. The zero-order valence-corrected chi connectivity index (χ0v) is 43.7. The molecule has 0 fully saturated rings. The van der Waals surface area contributed by atoms with E-state index < -0.39 is 195 Å². The second-order valence-corrected chi connectivity index (χ2v) is 19.6. The normalized spacial score (nSPS) is 13.1. The average molecular weight is 1240 g/mol. The average Bonchev–Trinajstić information content (AvgIpc) is 0.753. The van der Waals surface area contributed by atoms with Crippen LogP contribution in [0.5, 0.6) is 0 Å². The number of carbonyl (C=O) groups excluding carboxylic acids is 2. The Morgan fingerprint density at radius 3 is 0.953 bits per heavy atom. The summed E-state index contributed by atoms with van der Waals surface area (Å²) in [5.41, 5.74) is -29.1. The van der Waals surface area contributed by atoms with Crippen LogP contribution in [-0.4, -0.2) is 22.7 Å². The minimum atomic E-state index is -6.13. The minimum Gasteiger partial charge on any atom is -0.292 e. The quantitative estimate of drug-likeness (QED) is 0.0283. The second kappa shape index (κ2) is 26.3. The molecule has 0 unspecified atom stereocenters. The lowest BCUT2D eigenvalue weighted by molar-refractivity contribution is -0.683. The van der Waals surface area contributed by atoms with E-state index in [4.69, 9.17) is 0 Å². The second-order valence-electron chi connectivity index (χ2n) is 19.6. The molecule has 0 aliphatic carbocycles. The first kappa shape index (κ1) is 68.7. The van der Waals surface area contributed by atoms with Gasteiger partial charge in [0.25, 0.3) is 0 Å². The molecule has 4 nitrogen and oxygen atoms in total. The molecule has 0 saturated heterocycles. The van der Waals surface area contributed by atoms with E-state index in [0.29, 0.717) is 17.7 Å². The maximum atomic E-state index is 14.2. The number of unbranched alkanes of at least 4 members (excludes halogenated alkanes) is 8. The molecule has 85 heavy (non-hydrogen) atoms. The molecule has 0 aliphatic heterocycles. The molecule has 1 heterocycles. The van der Waals surface area contributed by atoms with Crippen LogP contribution in [0.25, 0.3) is 0 Å². The zero-order chi connectivity index (χ0) is 63.9. The summed E-state index contributed by atoms with van der Waals surface area (Å²) in [4.78, 5) is 28.9. The van der Waals surface area contributed by atoms with Crippen molar-refractivity contribution in [2.75, 3.05) is 0 Å². The Hall–Kier alpha value is -7.10. The highest BCUT2D eigenvalue weighted by atomic mass is 19.4. The van der Waals surface area contributed by atoms with E-state index in [-0.39, 0.29) is 18.1 Å². The van der Waals surface area contributed by atoms with Crippen LogP contribution < -0.4 is 26.4 Å². The lowest BCUT2D eigenvalue weighted by atomic mass is 9.12. The highest BCUT2D eigenvalue weighted by molar-refractivity contribution is 7.20. The summed E-state index contributed by atoms with van der Waals surface area (Å²) in [5.74, 6) is 0.0820. The lowest BCUT2D eigenvalue weighted by Crippen LogP contribution is -2.75. The predicted molar refractivity (Wildman–Crippen MR) is 261 cm³/mol. The number of Topliss-reactive ketones (excluding diaryl/α,β-unsaturated/α-hetero) is 2. The number of aromatic nitrogens is 2. The highest BCUT2D eigenvalue weighted by Gasteiger charge is 2.47. The van der Waals surface area contributed by atoms with Crippen LogP contribution in [0.1, 0.15) is 136 Å². The summed E-state index contributed by atoms with van der Waals surface area (Å²) < 4.78 is 343. The third-order valence-electron chi connectivity index (χ3n) is 13.4. The van der Waals surface area contributed by atoms with Crippen molar-refractivity contribution in [3.05, 3.63) is 177 Å². The van der Waals surface area contributed by atoms with Crippen LogP contribution in [0.2, 0.25) is 0 Å². The van der Waals surface area contributed by atoms with Crippen molar-refractivity contribution >= 4 is 39.6 Å². The van der Waals surface area contributed by atoms with E-state index in [2.05, 4.69) is 11.9 Å². The fraction of sp³-hybridized carbons (Fsp3) is 0.357. The van der Waals surface area contributed by atoms with Crippen LogP contribution in [0, 0.1) is 0 Å². The Morgan fingerprint density at radius 1 is 0.388 bits per heavy atom. The first-order valence-corrected chi connectivity index (χ1v) is 25.3. The van der Waals surface area contributed by atoms with Crippen molar-refractivity contribution < 1.29 is 120 Å². The van der Waals surface area contributed by atoms with Gasteiger partial charge in [-0.05, 0) is 30.7 Å². The molecule has 0 radical (unpaired) electrons. The number of hydrogen-bond donors (Lipinski definition) is 0. The van der Waals surface area contributed by atoms with Gasteiger partial charge in [0.05, 0.1) is 50.7 Å². The Labute approximate surface area is 467 Å². The maximum absolute atomic E-state index is 14.2. The number of rotatable bonds is 18. The molecule has 1 aromatic heterocycles. The van der Waals surface area contributed by atoms with Gasteiger partial charge in [-0.25, -0.2) is 4.98 Å². The summed E-state index contributed by atoms with van der Waals surface area (Å²) in [6.07, 6.45) is -38.2. The van der Waals surface area contributed by atoms with Crippen molar-refractivity contribution in [3.8, 4) is 0 Å². The molecule has 0 aliphatic rings. The summed E-state index contributed by atoms with van der Waals surface area (Å²) in [6.45, 7) is 2.45. The monoisotopic (exact) mass is 1240 g/mol. The lowest BCUT2D eigenvalue weighted by Gasteiger charge is -2.46. The van der Waals surface area contributed by atoms with Gasteiger partial charge in [0.2, 0.25) is 12.3 Å². The number of alkyl halides is 24. The fourth-order valence-electron chi connectivity index (χ4n) is 9.35. The smallest absolute Gasteiger partial charge is 0.292 e. The molecule has 0 N–H and O–H groups in total. The Balaban J connectivity index is 0.000000393. The minimum absolute atomic E-state index is 0.0223. The third kappa shape index (κ3) is 18.2. The first-order valence-electron chi connectivity index (χ1n) is 25.3. The third-order valence-corrected chi connectivity index (χ3v) is 13.4. The topological polar surface area (TPSA) is 50.9 Å². The molecular weight excluding hydrogens is 1200 g/mol. The predicted octanol–water partition coefficient (Wildman–Crippen LogP) is 16.6. The Morgan fingerprint density at radius 2 is 0.671 bits per heavy atom. The van der Waals surface area contributed by atoms with Crippen molar-refractivity contribution in [2.45, 2.75) is 127 Å². The molecule has 5 aromatic carbocycles. The number of benzene rings is 5. The standard InChI is InChI=1S/C32H12BF24.C24H33N2O2/c34-25(35,36)13-1-14(26(37,38)39)6-21(5-13)33(22-7-15(27(40,41)42)2-16(8-22)28(43,44)45,23-9-17(29(46,47)48)3-18(10-23)30(49,50)51)24-11-19(31(52,53)54)4-20(12-24)32(55,56)57;1-2-3-4-5-6-7-8-9-13-16-23(27)22-19-26(18-17-25-22)20-24(28)21-14-11-10-12-15-21/h1-12H;10-12,14-15,17-19H,2-9,13,16,20H2,1H3/q-1;+1. The van der Waals surface area contributed by atoms with Gasteiger partial charge < -0.3 is 0 Å². The zero-order valence-electron chi connectivity index (χ0n) is 43.7. The Kier molecular flexibility index (Phi) is 21.2. The number of carbonyl (C=O) groups is 2. The summed E-state index contributed by atoms with van der Waals surface area (Å²) >= 11 is 0. The van der Waals surface area contributed by atoms with Crippen molar-refractivity contribution in [2.24, 2.45) is 0 Å². The number of hydrogen-bond acceptors (Lipinski definition) is 3. The van der Waals surface area contributed by atoms with E-state index >= 15 is 0 Å². The summed E-state index contributed by atoms with van der Waals surface area (Å²) in [7, 11) is 0. The first-order chi connectivity index (χ1) is 39.0. The number of nitrogens with zero attached hydrogens (tertiary/aromatic N) is 2. The number of halogens is 24. The van der Waals surface area contributed by atoms with Crippen LogP contribution >= 0.6 is 0 Å². The van der Waals surface area contributed by atoms with Gasteiger partial charge in [-0.1, -0.05) is 137 Å². The van der Waals surface area contributed by atoms with Crippen LogP contribution in [0.3, 0.4) is 0 Å². The van der Waals surface area contributed by atoms with Gasteiger partial charge in [-0.3, -0.25) is 9.59 Å². The van der Waals surface area contributed by atoms with Gasteiger partial charge >= 0.3 is 49.4 Å². The highest BCUT2D eigenvalue weighted by Crippen LogP contribution is 2.41. The summed E-state index contributed by atoms with van der Waals surface area (Å²) in [6, 6.07) is 0.393. The van der Waals surface area contributed by atoms with Crippen molar-refractivity contribution in [3.63, 3.8) is 0 Å². The molecule has 0 atom stereocenters. The summed E-state index contributed by atoms with van der Waals surface area (Å²) in [5, 5.41) is 0. The van der Waals surface area contributed by atoms with E-state index in [1.165, 1.54) is 44.9 Å². The van der Waals surface area contributed by atoms with Crippen molar-refractivity contribution in [1.29, 1.82) is 0 Å². The molecule has 0 amide bonds. The van der Waals surface area contributed by atoms with Crippen LogP contribution in [0.4, 0.5) is 105 Å². The molecule has 462 valence electrons. The van der Waals surface area contributed by atoms with Crippen molar-refractivity contribution in [1.82, 2.24) is 4.98 Å². The van der Waals surface area contributed by atoms with Gasteiger partial charge in [0.1, 0.15) is 6.15 Å². The maximum Gasteiger partial charge on any atom is 0.416 e. The van der Waals surface area contributed by atoms with Crippen LogP contribution in [0.15, 0.2) is 122 Å². The van der Waals surface area contributed by atoms with Gasteiger partial charge in [0, 0.05) is 12.0 Å². The van der Waals surface area contributed by atoms with Crippen LogP contribution in [-0.2, 0) is 56.0 Å². The van der Waals surface area contributed by atoms with E-state index in [9.17, 15) is 115 Å². The SMILES string of the molecule is CCCCCCCCCCCC(=O)c1c[n+](CC(=O)c2ccccc2)ccn1.FC(F)(F)c1cc([B-](c2cc(C(F)(F)F)cc(C(F)(F)F)c2)(c2cc(C(F)(F)F)cc(C(F)(F)F)c2)c2cc(C(F)(F)F)cc(C(F)(F)F)c2)cc(C(F)(F)F)c1. The molecular formula is C56H45BF24N2O2. The van der Waals surface area contributed by atoms with Gasteiger partial charge in [-0.15, -0.1) is 0 Å². The van der Waals surface area contributed by atoms with E-state index in [0.717, 1.165) is 12.8 Å². The largest absolute Gasteiger partial charge is 0.416 e. The van der Waals surface area contributed by atoms with E-state index in [1.807, 2.05) is 18.2 Å². The molecule has 0 spiro atoms. The fourth-order valence-corrected chi connectivity index (χ4v) is 9.35. The molecule has 6 rings (SSSR count). The molecule has 0 bridgehead atoms.